The summed E-state index contributed by atoms with van der Waals surface area (Å²) in [6, 6.07) is 13.4. The molecule has 2 aromatic rings. The summed E-state index contributed by atoms with van der Waals surface area (Å²) >= 11 is 0. The number of benzene rings is 2. The Hall–Kier alpha value is -2.74. The Kier molecular flexibility index (Phi) is 6.41. The summed E-state index contributed by atoms with van der Waals surface area (Å²) in [5, 5.41) is 2.84. The summed E-state index contributed by atoms with van der Waals surface area (Å²) < 4.78 is 46.0. The lowest BCUT2D eigenvalue weighted by Gasteiger charge is -2.18. The molecule has 0 saturated carbocycles. The van der Waals surface area contributed by atoms with Gasteiger partial charge in [-0.25, -0.2) is 0 Å². The molecule has 150 valence electrons. The van der Waals surface area contributed by atoms with Gasteiger partial charge in [0, 0.05) is 25.2 Å². The van der Waals surface area contributed by atoms with E-state index in [0.29, 0.717) is 32.7 Å². The van der Waals surface area contributed by atoms with Gasteiger partial charge in [0.1, 0.15) is 18.1 Å². The summed E-state index contributed by atoms with van der Waals surface area (Å²) in [6.07, 6.45) is -4.18. The molecule has 1 amide bonds. The highest BCUT2D eigenvalue weighted by atomic mass is 19.4. The molecule has 0 saturated heterocycles. The number of para-hydroxylation sites is 1. The van der Waals surface area contributed by atoms with Gasteiger partial charge in [-0.15, -0.1) is 13.2 Å². The van der Waals surface area contributed by atoms with Gasteiger partial charge in [-0.1, -0.05) is 30.3 Å². The minimum Gasteiger partial charge on any atom is -0.492 e. The lowest BCUT2D eigenvalue weighted by Crippen LogP contribution is -2.38. The van der Waals surface area contributed by atoms with Crippen LogP contribution in [0.2, 0.25) is 0 Å². The van der Waals surface area contributed by atoms with Crippen molar-refractivity contribution in [1.82, 2.24) is 10.2 Å². The number of nitrogens with zero attached hydrogens (tertiary/aromatic N) is 1. The molecule has 0 fully saturated rings. The summed E-state index contributed by atoms with van der Waals surface area (Å²) in [4.78, 5) is 14.2. The van der Waals surface area contributed by atoms with Crippen molar-refractivity contribution in [2.75, 3.05) is 26.2 Å². The smallest absolute Gasteiger partial charge is 0.492 e. The molecule has 1 aliphatic rings. The second kappa shape index (κ2) is 8.97. The zero-order valence-electron chi connectivity index (χ0n) is 15.2. The van der Waals surface area contributed by atoms with E-state index >= 15 is 0 Å². The van der Waals surface area contributed by atoms with Gasteiger partial charge in [-0.3, -0.25) is 9.69 Å². The lowest BCUT2D eigenvalue weighted by atomic mass is 10.1. The molecule has 0 unspecified atom stereocenters. The maximum atomic E-state index is 12.2. The number of ether oxygens (including phenoxy) is 2. The molecule has 0 radical (unpaired) electrons. The molecule has 5 nitrogen and oxygen atoms in total. The number of fused-ring (bicyclic) bond motifs is 1. The number of halogens is 3. The third-order valence-corrected chi connectivity index (χ3v) is 4.29. The fourth-order valence-electron chi connectivity index (χ4n) is 2.98. The highest BCUT2D eigenvalue weighted by Crippen LogP contribution is 2.23. The standard InChI is InChI=1S/C20H21F3N2O3/c21-20(22,23)28-17-7-5-15(6-8-17)9-10-24-19(26)14-25-11-12-27-18-4-2-1-3-16(18)13-25/h1-8H,9-14H2,(H,24,26). The van der Waals surface area contributed by atoms with E-state index < -0.39 is 6.36 Å². The van der Waals surface area contributed by atoms with E-state index in [1.807, 2.05) is 29.2 Å². The van der Waals surface area contributed by atoms with Crippen LogP contribution in [0.15, 0.2) is 48.5 Å². The number of alkyl halides is 3. The first-order chi connectivity index (χ1) is 13.4. The average molecular weight is 394 g/mol. The van der Waals surface area contributed by atoms with Gasteiger partial charge >= 0.3 is 6.36 Å². The van der Waals surface area contributed by atoms with Crippen LogP contribution in [0.4, 0.5) is 13.2 Å². The van der Waals surface area contributed by atoms with Gasteiger partial charge in [0.05, 0.1) is 6.54 Å². The van der Waals surface area contributed by atoms with Crippen LogP contribution in [-0.2, 0) is 17.8 Å². The monoisotopic (exact) mass is 394 g/mol. The van der Waals surface area contributed by atoms with Gasteiger partial charge in [0.25, 0.3) is 0 Å². The Morgan fingerprint density at radius 3 is 2.64 bits per heavy atom. The van der Waals surface area contributed by atoms with Gasteiger partial charge in [0.2, 0.25) is 5.91 Å². The molecule has 8 heteroatoms. The van der Waals surface area contributed by atoms with Crippen LogP contribution in [-0.4, -0.2) is 43.4 Å². The quantitative estimate of drug-likeness (QED) is 0.818. The average Bonchev–Trinajstić information content (AvgIpc) is 2.83. The molecule has 0 bridgehead atoms. The van der Waals surface area contributed by atoms with Crippen LogP contribution in [0, 0.1) is 0 Å². The first-order valence-corrected chi connectivity index (χ1v) is 8.93. The normalized spacial score (nSPS) is 14.5. The number of nitrogens with one attached hydrogen (secondary N) is 1. The highest BCUT2D eigenvalue weighted by molar-refractivity contribution is 5.78. The summed E-state index contributed by atoms with van der Waals surface area (Å²) in [5.74, 6) is 0.490. The molecule has 0 aromatic heterocycles. The number of amides is 1. The first kappa shape index (κ1) is 20.0. The number of carbonyl (C=O) groups is 1. The number of carbonyl (C=O) groups excluding carboxylic acids is 1. The fraction of sp³-hybridized carbons (Fsp3) is 0.350. The Morgan fingerprint density at radius 1 is 1.14 bits per heavy atom. The lowest BCUT2D eigenvalue weighted by molar-refractivity contribution is -0.274. The fourth-order valence-corrected chi connectivity index (χ4v) is 2.98. The molecular formula is C20H21F3N2O3. The molecule has 3 rings (SSSR count). The maximum absolute atomic E-state index is 12.2. The van der Waals surface area contributed by atoms with Crippen molar-refractivity contribution >= 4 is 5.91 Å². The SMILES string of the molecule is O=C(CN1CCOc2ccccc2C1)NCCc1ccc(OC(F)(F)F)cc1. The van der Waals surface area contributed by atoms with Crippen LogP contribution < -0.4 is 14.8 Å². The van der Waals surface area contributed by atoms with E-state index in [1.54, 1.807) is 12.1 Å². The zero-order chi connectivity index (χ0) is 20.0. The van der Waals surface area contributed by atoms with Crippen LogP contribution in [0.25, 0.3) is 0 Å². The molecule has 0 aliphatic carbocycles. The summed E-state index contributed by atoms with van der Waals surface area (Å²) in [5.41, 5.74) is 1.86. The Morgan fingerprint density at radius 2 is 1.89 bits per heavy atom. The van der Waals surface area contributed by atoms with Crippen molar-refractivity contribution in [3.8, 4) is 11.5 Å². The van der Waals surface area contributed by atoms with E-state index in [9.17, 15) is 18.0 Å². The van der Waals surface area contributed by atoms with Crippen molar-refractivity contribution in [2.45, 2.75) is 19.3 Å². The second-order valence-corrected chi connectivity index (χ2v) is 6.46. The Labute approximate surface area is 161 Å². The van der Waals surface area contributed by atoms with E-state index in [-0.39, 0.29) is 18.2 Å². The number of hydrogen-bond acceptors (Lipinski definition) is 4. The topological polar surface area (TPSA) is 50.8 Å². The van der Waals surface area contributed by atoms with Gasteiger partial charge in [-0.05, 0) is 30.2 Å². The van der Waals surface area contributed by atoms with E-state index in [2.05, 4.69) is 10.1 Å². The highest BCUT2D eigenvalue weighted by Gasteiger charge is 2.30. The van der Waals surface area contributed by atoms with Crippen molar-refractivity contribution in [2.24, 2.45) is 0 Å². The number of rotatable bonds is 6. The van der Waals surface area contributed by atoms with Crippen molar-refractivity contribution in [3.63, 3.8) is 0 Å². The van der Waals surface area contributed by atoms with E-state index in [0.717, 1.165) is 16.9 Å². The summed E-state index contributed by atoms with van der Waals surface area (Å²) in [6.45, 7) is 2.49. The number of hydrogen-bond donors (Lipinski definition) is 1. The predicted octanol–water partition coefficient (Wildman–Crippen LogP) is 3.14. The maximum Gasteiger partial charge on any atom is 0.573 e. The van der Waals surface area contributed by atoms with Crippen molar-refractivity contribution in [1.29, 1.82) is 0 Å². The van der Waals surface area contributed by atoms with Crippen LogP contribution in [0.3, 0.4) is 0 Å². The molecule has 1 aliphatic heterocycles. The first-order valence-electron chi connectivity index (χ1n) is 8.93. The Balaban J connectivity index is 1.42. The molecule has 2 aromatic carbocycles. The third-order valence-electron chi connectivity index (χ3n) is 4.29. The minimum atomic E-state index is -4.70. The zero-order valence-corrected chi connectivity index (χ0v) is 15.2. The minimum absolute atomic E-state index is 0.101. The van der Waals surface area contributed by atoms with Crippen LogP contribution >= 0.6 is 0 Å². The molecule has 28 heavy (non-hydrogen) atoms. The van der Waals surface area contributed by atoms with E-state index in [1.165, 1.54) is 12.1 Å². The second-order valence-electron chi connectivity index (χ2n) is 6.46. The molecule has 0 spiro atoms. The third kappa shape index (κ3) is 6.16. The van der Waals surface area contributed by atoms with Crippen LogP contribution in [0.1, 0.15) is 11.1 Å². The molecule has 1 N–H and O–H groups in total. The summed E-state index contributed by atoms with van der Waals surface area (Å²) in [7, 11) is 0. The Bertz CT molecular complexity index is 794. The van der Waals surface area contributed by atoms with E-state index in [4.69, 9.17) is 4.74 Å². The van der Waals surface area contributed by atoms with Crippen molar-refractivity contribution in [3.05, 3.63) is 59.7 Å². The predicted molar refractivity (Wildman–Crippen MR) is 97.1 cm³/mol. The molecule has 0 atom stereocenters. The van der Waals surface area contributed by atoms with Gasteiger partial charge < -0.3 is 14.8 Å². The van der Waals surface area contributed by atoms with Gasteiger partial charge in [0.15, 0.2) is 0 Å². The largest absolute Gasteiger partial charge is 0.573 e. The molecule has 1 heterocycles. The molecular weight excluding hydrogens is 373 g/mol. The van der Waals surface area contributed by atoms with Crippen LogP contribution in [0.5, 0.6) is 11.5 Å². The van der Waals surface area contributed by atoms with Crippen molar-refractivity contribution < 1.29 is 27.4 Å². The van der Waals surface area contributed by atoms with Gasteiger partial charge in [-0.2, -0.15) is 0 Å².